The highest BCUT2D eigenvalue weighted by molar-refractivity contribution is 6.06. The molecule has 5 fully saturated rings. The number of ketones is 1. The van der Waals surface area contributed by atoms with E-state index in [1.165, 1.54) is 27.7 Å². The Labute approximate surface area is 349 Å². The third kappa shape index (κ3) is 7.45. The molecule has 13 heteroatoms. The summed E-state index contributed by atoms with van der Waals surface area (Å²) in [4.78, 5) is 77.0. The van der Waals surface area contributed by atoms with Crippen molar-refractivity contribution < 1.29 is 61.9 Å². The highest BCUT2D eigenvalue weighted by atomic mass is 16.7. The van der Waals surface area contributed by atoms with Gasteiger partial charge in [0.15, 0.2) is 30.4 Å². The second-order valence-corrected chi connectivity index (χ2v) is 20.1. The second kappa shape index (κ2) is 16.2. The van der Waals surface area contributed by atoms with Crippen LogP contribution < -0.4 is 0 Å². The first-order chi connectivity index (χ1) is 27.5. The van der Waals surface area contributed by atoms with Gasteiger partial charge in [0.05, 0.1) is 18.1 Å². The largest absolute Gasteiger partial charge is 0.465 e. The second-order valence-electron chi connectivity index (χ2n) is 20.1. The predicted molar refractivity (Wildman–Crippen MR) is 213 cm³/mol. The molecule has 1 saturated heterocycles. The van der Waals surface area contributed by atoms with Crippen LogP contribution in [0.2, 0.25) is 0 Å². The van der Waals surface area contributed by atoms with Gasteiger partial charge in [-0.1, -0.05) is 48.5 Å². The smallest absolute Gasteiger partial charge is 0.316 e. The molecule has 13 nitrogen and oxygen atoms in total. The van der Waals surface area contributed by atoms with E-state index in [4.69, 9.17) is 33.2 Å². The molecule has 1 aliphatic heterocycles. The van der Waals surface area contributed by atoms with Gasteiger partial charge in [0, 0.05) is 34.1 Å². The van der Waals surface area contributed by atoms with Gasteiger partial charge in [-0.2, -0.15) is 0 Å². The molecule has 330 valence electrons. The Balaban J connectivity index is 1.31. The predicted octanol–water partition coefficient (Wildman–Crippen LogP) is 7.00. The Morgan fingerprint density at radius 3 is 1.93 bits per heavy atom. The third-order valence-electron chi connectivity index (χ3n) is 16.3. The molecule has 59 heavy (non-hydrogen) atoms. The lowest BCUT2D eigenvalue weighted by atomic mass is 9.33. The van der Waals surface area contributed by atoms with Gasteiger partial charge in [-0.15, -0.1) is 0 Å². The molecule has 13 atom stereocenters. The van der Waals surface area contributed by atoms with Gasteiger partial charge in [0.1, 0.15) is 12.7 Å². The van der Waals surface area contributed by atoms with E-state index in [2.05, 4.69) is 48.5 Å². The summed E-state index contributed by atoms with van der Waals surface area (Å²) in [5.41, 5.74) is 0.409. The lowest BCUT2D eigenvalue weighted by Crippen LogP contribution is -2.67. The van der Waals surface area contributed by atoms with Crippen LogP contribution in [0.15, 0.2) is 11.1 Å². The standard InChI is InChI=1S/C46H68O13/c1-13-53-41(52)46-21-20-44(11)29(36(46)35(24(2)3)30(51)22-46)14-15-33-43(10)18-17-34(42(8,9)32(43)16-19-45(33,44)12)59-40-39(57-28(7)50)38(56-27(6)49)37(55-26(5)48)31(58-40)23-54-25(4)47/h24,29,31-34,37-40H,13-23H2,1-12H3/t29?,31-,32?,33?,34?,37-,38+,39-,40?,43?,44?,45?,46?/m1/s1. The number of esters is 5. The van der Waals surface area contributed by atoms with Crippen LogP contribution in [0.5, 0.6) is 0 Å². The highest BCUT2D eigenvalue weighted by Crippen LogP contribution is 2.77. The van der Waals surface area contributed by atoms with Gasteiger partial charge in [-0.05, 0) is 115 Å². The lowest BCUT2D eigenvalue weighted by molar-refractivity contribution is -0.334. The quantitative estimate of drug-likeness (QED) is 0.126. The minimum absolute atomic E-state index is 0.0217. The van der Waals surface area contributed by atoms with Crippen LogP contribution in [0.4, 0.5) is 0 Å². The molecule has 0 N–H and O–H groups in total. The van der Waals surface area contributed by atoms with Crippen molar-refractivity contribution in [2.45, 2.75) is 178 Å². The number of rotatable bonds is 10. The summed E-state index contributed by atoms with van der Waals surface area (Å²) in [7, 11) is 0. The fraction of sp³-hybridized carbons (Fsp3) is 0.826. The highest BCUT2D eigenvalue weighted by Gasteiger charge is 2.71. The molecule has 6 aliphatic rings. The molecule has 0 bridgehead atoms. The summed E-state index contributed by atoms with van der Waals surface area (Å²) >= 11 is 0. The number of Topliss-reactive ketones (excluding diaryl/α,β-unsaturated/α-hetero) is 1. The number of carbonyl (C=O) groups is 6. The van der Waals surface area contributed by atoms with Gasteiger partial charge in [0.25, 0.3) is 0 Å². The topological polar surface area (TPSA) is 167 Å². The minimum atomic E-state index is -1.30. The zero-order valence-electron chi connectivity index (χ0n) is 37.4. The van der Waals surface area contributed by atoms with Crippen LogP contribution in [0.1, 0.15) is 141 Å². The summed E-state index contributed by atoms with van der Waals surface area (Å²) in [5, 5.41) is 0. The zero-order chi connectivity index (χ0) is 43.6. The maximum absolute atomic E-state index is 13.9. The van der Waals surface area contributed by atoms with Crippen molar-refractivity contribution in [3.8, 4) is 0 Å². The zero-order valence-corrected chi connectivity index (χ0v) is 37.4. The number of hydrogen-bond acceptors (Lipinski definition) is 13. The molecule has 4 saturated carbocycles. The molecule has 0 spiro atoms. The number of carbonyl (C=O) groups excluding carboxylic acids is 6. The van der Waals surface area contributed by atoms with Crippen LogP contribution >= 0.6 is 0 Å². The van der Waals surface area contributed by atoms with E-state index < -0.39 is 65.4 Å². The van der Waals surface area contributed by atoms with E-state index in [1.54, 1.807) is 0 Å². The first kappa shape index (κ1) is 45.2. The van der Waals surface area contributed by atoms with Crippen molar-refractivity contribution in [3.63, 3.8) is 0 Å². The van der Waals surface area contributed by atoms with Crippen LogP contribution in [-0.2, 0) is 61.9 Å². The maximum atomic E-state index is 13.9. The van der Waals surface area contributed by atoms with Crippen molar-refractivity contribution in [1.82, 2.24) is 0 Å². The number of hydrogen-bond donors (Lipinski definition) is 0. The van der Waals surface area contributed by atoms with Gasteiger partial charge >= 0.3 is 29.8 Å². The van der Waals surface area contributed by atoms with E-state index in [0.29, 0.717) is 18.8 Å². The van der Waals surface area contributed by atoms with Crippen LogP contribution in [0.3, 0.4) is 0 Å². The normalized spacial score (nSPS) is 41.1. The van der Waals surface area contributed by atoms with Crippen LogP contribution in [0.25, 0.3) is 0 Å². The molecule has 9 unspecified atom stereocenters. The maximum Gasteiger partial charge on any atom is 0.316 e. The van der Waals surface area contributed by atoms with Gasteiger partial charge in [-0.3, -0.25) is 28.8 Å². The van der Waals surface area contributed by atoms with Crippen molar-refractivity contribution in [2.24, 2.45) is 50.7 Å². The summed E-state index contributed by atoms with van der Waals surface area (Å²) in [6, 6.07) is 0. The van der Waals surface area contributed by atoms with Crippen LogP contribution in [-0.4, -0.2) is 85.7 Å². The van der Waals surface area contributed by atoms with Crippen LogP contribution in [0, 0.1) is 50.7 Å². The lowest BCUT2D eigenvalue weighted by Gasteiger charge is -2.72. The van der Waals surface area contributed by atoms with Crippen molar-refractivity contribution >= 4 is 35.6 Å². The minimum Gasteiger partial charge on any atom is -0.465 e. The monoisotopic (exact) mass is 828 g/mol. The van der Waals surface area contributed by atoms with E-state index >= 15 is 0 Å². The fourth-order valence-electron chi connectivity index (χ4n) is 13.8. The van der Waals surface area contributed by atoms with Crippen molar-refractivity contribution in [1.29, 1.82) is 0 Å². The SMILES string of the molecule is CCOC(=O)C12CCC3(C)C(CCC4C5(C)CCC(OC6O[C@H](COC(C)=O)[C@@H](OC(C)=O)[C@H](OC(C)=O)[C@H]6OC(C)=O)C(C)(C)C5CCC43C)C1=C(C(C)C)C(=O)C2. The Morgan fingerprint density at radius 2 is 1.34 bits per heavy atom. The Hall–Kier alpha value is -3.32. The summed E-state index contributed by atoms with van der Waals surface area (Å²) in [5.74, 6) is -2.03. The Morgan fingerprint density at radius 1 is 0.712 bits per heavy atom. The first-order valence-electron chi connectivity index (χ1n) is 21.9. The van der Waals surface area contributed by atoms with Gasteiger partial charge < -0.3 is 33.2 Å². The molecule has 0 amide bonds. The molecule has 5 aliphatic carbocycles. The van der Waals surface area contributed by atoms with E-state index in [-0.39, 0.29) is 71.5 Å². The van der Waals surface area contributed by atoms with E-state index in [1.807, 2.05) is 6.92 Å². The number of ether oxygens (including phenoxy) is 7. The summed E-state index contributed by atoms with van der Waals surface area (Å²) in [6.45, 7) is 22.7. The molecular formula is C46H68O13. The van der Waals surface area contributed by atoms with E-state index in [0.717, 1.165) is 49.7 Å². The average Bonchev–Trinajstić information content (AvgIpc) is 3.44. The third-order valence-corrected chi connectivity index (χ3v) is 16.3. The molecule has 6 rings (SSSR count). The number of allylic oxidation sites excluding steroid dienone is 1. The molecule has 0 radical (unpaired) electrons. The van der Waals surface area contributed by atoms with Gasteiger partial charge in [0.2, 0.25) is 0 Å². The fourth-order valence-corrected chi connectivity index (χ4v) is 13.8. The van der Waals surface area contributed by atoms with E-state index in [9.17, 15) is 28.8 Å². The molecular weight excluding hydrogens is 760 g/mol. The number of fused-ring (bicyclic) bond motifs is 7. The van der Waals surface area contributed by atoms with Crippen molar-refractivity contribution in [3.05, 3.63) is 11.1 Å². The molecule has 1 heterocycles. The summed E-state index contributed by atoms with van der Waals surface area (Å²) in [6.07, 6.45) is 0.470. The summed E-state index contributed by atoms with van der Waals surface area (Å²) < 4.78 is 41.4. The van der Waals surface area contributed by atoms with Gasteiger partial charge in [-0.25, -0.2) is 0 Å². The first-order valence-corrected chi connectivity index (χ1v) is 21.9. The average molecular weight is 829 g/mol. The Bertz CT molecular complexity index is 1750. The van der Waals surface area contributed by atoms with Crippen molar-refractivity contribution in [2.75, 3.05) is 13.2 Å². The Kier molecular flexibility index (Phi) is 12.4. The molecule has 0 aromatic rings. The molecule has 0 aromatic carbocycles. The molecule has 0 aromatic heterocycles.